The lowest BCUT2D eigenvalue weighted by Crippen LogP contribution is -1.87. The van der Waals surface area contributed by atoms with Gasteiger partial charge in [0.05, 0.1) is 5.75 Å². The number of halogens is 2. The van der Waals surface area contributed by atoms with Crippen molar-refractivity contribution in [1.82, 2.24) is 10.1 Å². The summed E-state index contributed by atoms with van der Waals surface area (Å²) in [7, 11) is 0. The number of hydrogen-bond acceptors (Lipinski definition) is 4. The molecule has 1 atom stereocenters. The smallest absolute Gasteiger partial charge is 0.244 e. The highest BCUT2D eigenvalue weighted by Crippen LogP contribution is 2.23. The van der Waals surface area contributed by atoms with Crippen molar-refractivity contribution in [2.24, 2.45) is 0 Å². The average molecular weight is 273 g/mol. The standard InChI is InChI=1S/C11H10ClFN2OS/c1-7(12)11-14-10(15-16-11)6-17-9-4-2-8(13)3-5-9/h2-5,7H,6H2,1H3. The molecular weight excluding hydrogens is 263 g/mol. The molecule has 0 aliphatic rings. The summed E-state index contributed by atoms with van der Waals surface area (Å²) in [6.45, 7) is 1.77. The molecule has 0 aliphatic carbocycles. The molecule has 3 nitrogen and oxygen atoms in total. The summed E-state index contributed by atoms with van der Waals surface area (Å²) in [4.78, 5) is 5.09. The van der Waals surface area contributed by atoms with Crippen LogP contribution < -0.4 is 0 Å². The van der Waals surface area contributed by atoms with E-state index in [2.05, 4.69) is 10.1 Å². The summed E-state index contributed by atoms with van der Waals surface area (Å²) in [6.07, 6.45) is 0. The van der Waals surface area contributed by atoms with Gasteiger partial charge in [-0.1, -0.05) is 5.16 Å². The maximum absolute atomic E-state index is 12.7. The topological polar surface area (TPSA) is 38.9 Å². The van der Waals surface area contributed by atoms with Crippen LogP contribution in [0.2, 0.25) is 0 Å². The second-order valence-corrected chi connectivity index (χ2v) is 5.11. The monoisotopic (exact) mass is 272 g/mol. The van der Waals surface area contributed by atoms with Crippen LogP contribution >= 0.6 is 23.4 Å². The van der Waals surface area contributed by atoms with Crippen LogP contribution in [0.3, 0.4) is 0 Å². The van der Waals surface area contributed by atoms with Crippen molar-refractivity contribution in [1.29, 1.82) is 0 Å². The van der Waals surface area contributed by atoms with Gasteiger partial charge in [-0.25, -0.2) is 4.39 Å². The predicted octanol–water partition coefficient (Wildman–Crippen LogP) is 3.80. The van der Waals surface area contributed by atoms with Crippen LogP contribution in [0.4, 0.5) is 4.39 Å². The number of hydrogen-bond donors (Lipinski definition) is 0. The van der Waals surface area contributed by atoms with Gasteiger partial charge in [0.1, 0.15) is 11.2 Å². The van der Waals surface area contributed by atoms with Crippen molar-refractivity contribution in [2.45, 2.75) is 22.9 Å². The van der Waals surface area contributed by atoms with Gasteiger partial charge < -0.3 is 4.52 Å². The molecule has 6 heteroatoms. The summed E-state index contributed by atoms with van der Waals surface area (Å²) >= 11 is 7.32. The van der Waals surface area contributed by atoms with Gasteiger partial charge in [0.15, 0.2) is 5.82 Å². The third kappa shape index (κ3) is 3.44. The molecular formula is C11H10ClFN2OS. The average Bonchev–Trinajstić information content (AvgIpc) is 2.77. The van der Waals surface area contributed by atoms with Crippen molar-refractivity contribution in [2.75, 3.05) is 0 Å². The van der Waals surface area contributed by atoms with Gasteiger partial charge >= 0.3 is 0 Å². The molecule has 0 fully saturated rings. The van der Waals surface area contributed by atoms with Gasteiger partial charge in [0.25, 0.3) is 0 Å². The van der Waals surface area contributed by atoms with E-state index in [0.29, 0.717) is 17.5 Å². The maximum atomic E-state index is 12.7. The molecule has 0 aliphatic heterocycles. The normalized spacial score (nSPS) is 12.6. The summed E-state index contributed by atoms with van der Waals surface area (Å²) in [5.74, 6) is 1.33. The summed E-state index contributed by atoms with van der Waals surface area (Å²) in [5, 5.41) is 3.52. The number of alkyl halides is 1. The minimum absolute atomic E-state index is 0.243. The number of aromatic nitrogens is 2. The Morgan fingerprint density at radius 1 is 1.41 bits per heavy atom. The first kappa shape index (κ1) is 12.4. The zero-order valence-corrected chi connectivity index (χ0v) is 10.6. The van der Waals surface area contributed by atoms with Crippen molar-refractivity contribution in [3.05, 3.63) is 41.8 Å². The molecule has 0 N–H and O–H groups in total. The molecule has 1 aromatic carbocycles. The van der Waals surface area contributed by atoms with E-state index in [-0.39, 0.29) is 11.2 Å². The fourth-order valence-corrected chi connectivity index (χ4v) is 2.00. The molecule has 0 spiro atoms. The third-order valence-corrected chi connectivity index (χ3v) is 3.20. The Labute approximate surface area is 107 Å². The van der Waals surface area contributed by atoms with E-state index < -0.39 is 0 Å². The lowest BCUT2D eigenvalue weighted by Gasteiger charge is -1.97. The molecule has 1 heterocycles. The molecule has 1 unspecified atom stereocenters. The largest absolute Gasteiger partial charge is 0.338 e. The summed E-state index contributed by atoms with van der Waals surface area (Å²) in [6, 6.07) is 6.27. The SMILES string of the molecule is CC(Cl)c1nc(CSc2ccc(F)cc2)no1. The van der Waals surface area contributed by atoms with Crippen molar-refractivity contribution >= 4 is 23.4 Å². The Hall–Kier alpha value is -1.07. The van der Waals surface area contributed by atoms with Crippen LogP contribution in [0.15, 0.2) is 33.7 Å². The van der Waals surface area contributed by atoms with Crippen LogP contribution in [-0.2, 0) is 5.75 Å². The Balaban J connectivity index is 1.95. The highest BCUT2D eigenvalue weighted by molar-refractivity contribution is 7.98. The van der Waals surface area contributed by atoms with Crippen molar-refractivity contribution in [3.63, 3.8) is 0 Å². The number of nitrogens with zero attached hydrogens (tertiary/aromatic N) is 2. The van der Waals surface area contributed by atoms with E-state index in [1.54, 1.807) is 19.1 Å². The molecule has 1 aromatic heterocycles. The van der Waals surface area contributed by atoms with E-state index in [9.17, 15) is 4.39 Å². The van der Waals surface area contributed by atoms with Crippen LogP contribution in [0, 0.1) is 5.82 Å². The fraction of sp³-hybridized carbons (Fsp3) is 0.273. The van der Waals surface area contributed by atoms with Gasteiger partial charge in [-0.05, 0) is 31.2 Å². The van der Waals surface area contributed by atoms with Crippen molar-refractivity contribution in [3.8, 4) is 0 Å². The van der Waals surface area contributed by atoms with Gasteiger partial charge in [-0.3, -0.25) is 0 Å². The molecule has 2 aromatic rings. The zero-order chi connectivity index (χ0) is 12.3. The van der Waals surface area contributed by atoms with E-state index in [1.807, 2.05) is 0 Å². The zero-order valence-electron chi connectivity index (χ0n) is 9.06. The Morgan fingerprint density at radius 3 is 2.71 bits per heavy atom. The second-order valence-electron chi connectivity index (χ2n) is 3.41. The van der Waals surface area contributed by atoms with Crippen LogP contribution in [0.25, 0.3) is 0 Å². The summed E-state index contributed by atoms with van der Waals surface area (Å²) < 4.78 is 17.6. The first-order chi connectivity index (χ1) is 8.15. The lowest BCUT2D eigenvalue weighted by atomic mass is 10.4. The number of thioether (sulfide) groups is 1. The van der Waals surface area contributed by atoms with E-state index in [4.69, 9.17) is 16.1 Å². The van der Waals surface area contributed by atoms with E-state index >= 15 is 0 Å². The molecule has 0 radical (unpaired) electrons. The lowest BCUT2D eigenvalue weighted by molar-refractivity contribution is 0.375. The van der Waals surface area contributed by atoms with Crippen molar-refractivity contribution < 1.29 is 8.91 Å². The maximum Gasteiger partial charge on any atom is 0.244 e. The van der Waals surface area contributed by atoms with Gasteiger partial charge in [0, 0.05) is 4.90 Å². The van der Waals surface area contributed by atoms with Crippen LogP contribution in [0.1, 0.15) is 24.0 Å². The summed E-state index contributed by atoms with van der Waals surface area (Å²) in [5.41, 5.74) is 0. The van der Waals surface area contributed by atoms with Gasteiger partial charge in [0.2, 0.25) is 5.89 Å². The van der Waals surface area contributed by atoms with Gasteiger partial charge in [-0.15, -0.1) is 23.4 Å². The first-order valence-corrected chi connectivity index (χ1v) is 6.42. The first-order valence-electron chi connectivity index (χ1n) is 5.00. The third-order valence-electron chi connectivity index (χ3n) is 2.01. The second kappa shape index (κ2) is 5.51. The highest BCUT2D eigenvalue weighted by atomic mass is 35.5. The molecule has 90 valence electrons. The molecule has 17 heavy (non-hydrogen) atoms. The molecule has 0 amide bonds. The minimum atomic E-state index is -0.285. The molecule has 2 rings (SSSR count). The van der Waals surface area contributed by atoms with E-state index in [0.717, 1.165) is 4.90 Å². The Bertz CT molecular complexity index is 486. The van der Waals surface area contributed by atoms with Crippen LogP contribution in [0.5, 0.6) is 0 Å². The number of benzene rings is 1. The Kier molecular flexibility index (Phi) is 4.02. The Morgan fingerprint density at radius 2 is 2.12 bits per heavy atom. The quantitative estimate of drug-likeness (QED) is 0.627. The predicted molar refractivity (Wildman–Crippen MR) is 64.5 cm³/mol. The highest BCUT2D eigenvalue weighted by Gasteiger charge is 2.11. The molecule has 0 saturated carbocycles. The minimum Gasteiger partial charge on any atom is -0.338 e. The number of rotatable bonds is 4. The van der Waals surface area contributed by atoms with Gasteiger partial charge in [-0.2, -0.15) is 4.98 Å². The van der Waals surface area contributed by atoms with E-state index in [1.165, 1.54) is 23.9 Å². The molecule has 0 saturated heterocycles. The molecule has 0 bridgehead atoms. The fourth-order valence-electron chi connectivity index (χ4n) is 1.17. The van der Waals surface area contributed by atoms with Crippen LogP contribution in [-0.4, -0.2) is 10.1 Å².